The highest BCUT2D eigenvalue weighted by Crippen LogP contribution is 2.23. The van der Waals surface area contributed by atoms with E-state index in [4.69, 9.17) is 0 Å². The molecule has 0 amide bonds. The lowest BCUT2D eigenvalue weighted by molar-refractivity contribution is 0.625. The van der Waals surface area contributed by atoms with E-state index >= 15 is 0 Å². The predicted molar refractivity (Wildman–Crippen MR) is 67.1 cm³/mol. The van der Waals surface area contributed by atoms with Crippen molar-refractivity contribution in [3.63, 3.8) is 0 Å². The summed E-state index contributed by atoms with van der Waals surface area (Å²) in [6, 6.07) is 11.3. The van der Waals surface area contributed by atoms with Crippen molar-refractivity contribution >= 4 is 11.8 Å². The van der Waals surface area contributed by atoms with Crippen LogP contribution >= 0.6 is 11.8 Å². The molecule has 0 N–H and O–H groups in total. The number of aryl methyl sites for hydroxylation is 1. The molecule has 2 aromatic carbocycles. The van der Waals surface area contributed by atoms with Crippen molar-refractivity contribution in [2.45, 2.75) is 17.6 Å². The molecule has 0 atom stereocenters. The first kappa shape index (κ1) is 12.1. The fraction of sp³-hybridized carbons (Fsp3) is 0.143. The largest absolute Gasteiger partial charge is 0.207 e. The normalized spacial score (nSPS) is 10.5. The highest BCUT2D eigenvalue weighted by Gasteiger charge is 2.00. The molecule has 0 unspecified atom stereocenters. The molecule has 0 aliphatic heterocycles. The summed E-state index contributed by atoms with van der Waals surface area (Å²) in [5.41, 5.74) is 1.86. The molecule has 0 aliphatic carbocycles. The van der Waals surface area contributed by atoms with Crippen LogP contribution in [0.2, 0.25) is 0 Å². The van der Waals surface area contributed by atoms with E-state index in [0.29, 0.717) is 5.75 Å². The van der Waals surface area contributed by atoms with Crippen molar-refractivity contribution in [1.29, 1.82) is 0 Å². The van der Waals surface area contributed by atoms with Crippen molar-refractivity contribution in [3.8, 4) is 0 Å². The molecule has 0 spiro atoms. The Kier molecular flexibility index (Phi) is 3.79. The average molecular weight is 250 g/mol. The minimum atomic E-state index is -0.240. The molecule has 88 valence electrons. The lowest BCUT2D eigenvalue weighted by Crippen LogP contribution is -1.86. The van der Waals surface area contributed by atoms with Gasteiger partial charge < -0.3 is 0 Å². The van der Waals surface area contributed by atoms with Gasteiger partial charge in [-0.05, 0) is 54.4 Å². The van der Waals surface area contributed by atoms with Gasteiger partial charge in [-0.15, -0.1) is 11.8 Å². The number of hydrogen-bond acceptors (Lipinski definition) is 1. The van der Waals surface area contributed by atoms with E-state index < -0.39 is 0 Å². The van der Waals surface area contributed by atoms with Gasteiger partial charge in [0.15, 0.2) is 0 Å². The summed E-state index contributed by atoms with van der Waals surface area (Å²) in [6.07, 6.45) is 0. The van der Waals surface area contributed by atoms with E-state index in [0.717, 1.165) is 16.0 Å². The maximum absolute atomic E-state index is 13.1. The maximum Gasteiger partial charge on any atom is 0.123 e. The third kappa shape index (κ3) is 3.56. The smallest absolute Gasteiger partial charge is 0.123 e. The van der Waals surface area contributed by atoms with Gasteiger partial charge in [0.05, 0.1) is 0 Å². The molecule has 3 heteroatoms. The topological polar surface area (TPSA) is 0 Å². The van der Waals surface area contributed by atoms with Crippen LogP contribution in [0, 0.1) is 18.6 Å². The monoisotopic (exact) mass is 250 g/mol. The number of benzene rings is 2. The van der Waals surface area contributed by atoms with Gasteiger partial charge in [-0.25, -0.2) is 8.78 Å². The highest BCUT2D eigenvalue weighted by molar-refractivity contribution is 7.98. The highest BCUT2D eigenvalue weighted by atomic mass is 32.2. The van der Waals surface area contributed by atoms with E-state index in [1.165, 1.54) is 24.3 Å². The molecule has 0 aromatic heterocycles. The van der Waals surface area contributed by atoms with Crippen LogP contribution in [-0.4, -0.2) is 0 Å². The quantitative estimate of drug-likeness (QED) is 0.719. The van der Waals surface area contributed by atoms with Gasteiger partial charge in [0.25, 0.3) is 0 Å². The molecule has 2 aromatic rings. The van der Waals surface area contributed by atoms with Crippen molar-refractivity contribution < 1.29 is 8.78 Å². The van der Waals surface area contributed by atoms with E-state index in [1.54, 1.807) is 23.9 Å². The summed E-state index contributed by atoms with van der Waals surface area (Å²) in [5, 5.41) is 0. The SMILES string of the molecule is Cc1cc(F)cc(CSc2ccc(F)cc2)c1. The van der Waals surface area contributed by atoms with Gasteiger partial charge in [-0.3, -0.25) is 0 Å². The van der Waals surface area contributed by atoms with Crippen molar-refractivity contribution in [1.82, 2.24) is 0 Å². The Morgan fingerprint density at radius 2 is 1.65 bits per heavy atom. The third-order valence-corrected chi connectivity index (χ3v) is 3.40. The fourth-order valence-corrected chi connectivity index (χ4v) is 2.42. The minimum Gasteiger partial charge on any atom is -0.207 e. The first-order valence-corrected chi connectivity index (χ1v) is 6.26. The van der Waals surface area contributed by atoms with Gasteiger partial charge in [0.2, 0.25) is 0 Å². The summed E-state index contributed by atoms with van der Waals surface area (Å²) in [7, 11) is 0. The third-order valence-electron chi connectivity index (χ3n) is 2.32. The van der Waals surface area contributed by atoms with Crippen LogP contribution in [0.5, 0.6) is 0 Å². The van der Waals surface area contributed by atoms with Gasteiger partial charge >= 0.3 is 0 Å². The van der Waals surface area contributed by atoms with Gasteiger partial charge in [0, 0.05) is 10.6 Å². The van der Waals surface area contributed by atoms with Crippen LogP contribution in [-0.2, 0) is 5.75 Å². The molecular formula is C14H12F2S. The Balaban J connectivity index is 2.04. The molecule has 0 aliphatic rings. The molecule has 0 fully saturated rings. The van der Waals surface area contributed by atoms with E-state index in [9.17, 15) is 8.78 Å². The van der Waals surface area contributed by atoms with Gasteiger partial charge in [-0.1, -0.05) is 6.07 Å². The Labute approximate surface area is 104 Å². The lowest BCUT2D eigenvalue weighted by Gasteiger charge is -2.04. The Hall–Kier alpha value is -1.35. The summed E-state index contributed by atoms with van der Waals surface area (Å²) < 4.78 is 25.8. The molecular weight excluding hydrogens is 238 g/mol. The zero-order chi connectivity index (χ0) is 12.3. The van der Waals surface area contributed by atoms with Crippen LogP contribution in [0.15, 0.2) is 47.4 Å². The second-order valence-electron chi connectivity index (χ2n) is 3.88. The molecule has 0 bridgehead atoms. The number of halogens is 2. The minimum absolute atomic E-state index is 0.209. The number of thioether (sulfide) groups is 1. The average Bonchev–Trinajstić information content (AvgIpc) is 2.27. The van der Waals surface area contributed by atoms with E-state index in [1.807, 2.05) is 13.0 Å². The number of hydrogen-bond donors (Lipinski definition) is 0. The summed E-state index contributed by atoms with van der Waals surface area (Å²) in [6.45, 7) is 1.87. The maximum atomic E-state index is 13.1. The van der Waals surface area contributed by atoms with Crippen molar-refractivity contribution in [2.75, 3.05) is 0 Å². The molecule has 0 saturated carbocycles. The molecule has 0 heterocycles. The van der Waals surface area contributed by atoms with Crippen molar-refractivity contribution in [2.24, 2.45) is 0 Å². The van der Waals surface area contributed by atoms with Crippen LogP contribution in [0.25, 0.3) is 0 Å². The first-order chi connectivity index (χ1) is 8.13. The summed E-state index contributed by atoms with van der Waals surface area (Å²) in [5.74, 6) is 0.236. The molecule has 17 heavy (non-hydrogen) atoms. The summed E-state index contributed by atoms with van der Waals surface area (Å²) in [4.78, 5) is 0.980. The fourth-order valence-electron chi connectivity index (χ4n) is 1.59. The first-order valence-electron chi connectivity index (χ1n) is 5.28. The van der Waals surface area contributed by atoms with E-state index in [2.05, 4.69) is 0 Å². The van der Waals surface area contributed by atoms with Gasteiger partial charge in [-0.2, -0.15) is 0 Å². The Morgan fingerprint density at radius 1 is 0.941 bits per heavy atom. The standard InChI is InChI=1S/C14H12F2S/c1-10-6-11(8-13(16)7-10)9-17-14-4-2-12(15)3-5-14/h2-8H,9H2,1H3. The number of rotatable bonds is 3. The van der Waals surface area contributed by atoms with Crippen LogP contribution in [0.4, 0.5) is 8.78 Å². The lowest BCUT2D eigenvalue weighted by atomic mass is 10.1. The summed E-state index contributed by atoms with van der Waals surface area (Å²) >= 11 is 1.57. The van der Waals surface area contributed by atoms with Crippen LogP contribution < -0.4 is 0 Å². The molecule has 2 rings (SSSR count). The molecule has 0 saturated heterocycles. The zero-order valence-electron chi connectivity index (χ0n) is 9.41. The second-order valence-corrected chi connectivity index (χ2v) is 4.93. The van der Waals surface area contributed by atoms with E-state index in [-0.39, 0.29) is 11.6 Å². The predicted octanol–water partition coefficient (Wildman–Crippen LogP) is 4.57. The Morgan fingerprint density at radius 3 is 2.29 bits per heavy atom. The van der Waals surface area contributed by atoms with Crippen LogP contribution in [0.1, 0.15) is 11.1 Å². The van der Waals surface area contributed by atoms with Crippen LogP contribution in [0.3, 0.4) is 0 Å². The molecule has 0 nitrogen and oxygen atoms in total. The molecule has 0 radical (unpaired) electrons. The van der Waals surface area contributed by atoms with Crippen molar-refractivity contribution in [3.05, 3.63) is 65.2 Å². The second kappa shape index (κ2) is 5.32. The zero-order valence-corrected chi connectivity index (χ0v) is 10.2. The van der Waals surface area contributed by atoms with Gasteiger partial charge in [0.1, 0.15) is 11.6 Å². The Bertz CT molecular complexity index is 486.